The first-order valence-corrected chi connectivity index (χ1v) is 14.2. The molecule has 0 unspecified atom stereocenters. The fourth-order valence-electron chi connectivity index (χ4n) is 5.74. The molecule has 0 aliphatic rings. The Kier molecular flexibility index (Phi) is 4.44. The van der Waals surface area contributed by atoms with Gasteiger partial charge in [-0.05, 0) is 67.6 Å². The first-order chi connectivity index (χ1) is 19.0. The van der Waals surface area contributed by atoms with E-state index in [1.165, 1.54) is 3.97 Å². The molecule has 188 valence electrons. The number of nitrogens with zero attached hydrogens (tertiary/aromatic N) is 4. The highest BCUT2D eigenvalue weighted by Crippen LogP contribution is 2.36. The zero-order chi connectivity index (χ0) is 26.3. The van der Waals surface area contributed by atoms with Crippen molar-refractivity contribution in [2.45, 2.75) is 11.8 Å². The summed E-state index contributed by atoms with van der Waals surface area (Å²) in [5.74, 6) is 0.813. The summed E-state index contributed by atoms with van der Waals surface area (Å²) in [7, 11) is -3.83. The predicted molar refractivity (Wildman–Crippen MR) is 156 cm³/mol. The first-order valence-electron chi connectivity index (χ1n) is 12.7. The molecule has 8 aromatic rings. The van der Waals surface area contributed by atoms with Crippen LogP contribution in [0.3, 0.4) is 0 Å². The van der Waals surface area contributed by atoms with Crippen LogP contribution in [-0.2, 0) is 10.0 Å². The van der Waals surface area contributed by atoms with Gasteiger partial charge < -0.3 is 0 Å². The van der Waals surface area contributed by atoms with Crippen LogP contribution < -0.4 is 0 Å². The second-order valence-electron chi connectivity index (χ2n) is 9.86. The highest BCUT2D eigenvalue weighted by atomic mass is 32.2. The topological polar surface area (TPSA) is 61.3 Å². The zero-order valence-electron chi connectivity index (χ0n) is 21.0. The molecular formula is C32H22N4O2S. The van der Waals surface area contributed by atoms with Gasteiger partial charge in [-0.15, -0.1) is 0 Å². The van der Waals surface area contributed by atoms with E-state index in [0.29, 0.717) is 11.0 Å². The number of rotatable bonds is 3. The average Bonchev–Trinajstić information content (AvgIpc) is 3.60. The van der Waals surface area contributed by atoms with E-state index in [1.807, 2.05) is 85.8 Å². The molecule has 6 nitrogen and oxygen atoms in total. The van der Waals surface area contributed by atoms with Crippen molar-refractivity contribution in [3.8, 4) is 5.69 Å². The minimum atomic E-state index is -3.83. The summed E-state index contributed by atoms with van der Waals surface area (Å²) >= 11 is 0. The van der Waals surface area contributed by atoms with Crippen molar-refractivity contribution in [1.82, 2.24) is 17.9 Å². The SMILES string of the molecule is Cc1ccc(S(=O)(=O)n2c3ccccc3c3cc(-n4c5ccccc5n5c6ccccc6nc45)ccc32)cc1. The van der Waals surface area contributed by atoms with Gasteiger partial charge in [-0.1, -0.05) is 60.2 Å². The van der Waals surface area contributed by atoms with Gasteiger partial charge in [0.05, 0.1) is 38.0 Å². The number of aryl methyl sites for hydroxylation is 1. The zero-order valence-corrected chi connectivity index (χ0v) is 21.8. The lowest BCUT2D eigenvalue weighted by atomic mass is 10.1. The second kappa shape index (κ2) is 7.82. The maximum Gasteiger partial charge on any atom is 0.268 e. The summed E-state index contributed by atoms with van der Waals surface area (Å²) in [6.45, 7) is 1.95. The normalized spacial score (nSPS) is 12.4. The van der Waals surface area contributed by atoms with E-state index >= 15 is 0 Å². The van der Waals surface area contributed by atoms with Gasteiger partial charge >= 0.3 is 0 Å². The number of imidazole rings is 2. The van der Waals surface area contributed by atoms with Gasteiger partial charge in [0.15, 0.2) is 0 Å². The lowest BCUT2D eigenvalue weighted by molar-refractivity contribution is 0.590. The van der Waals surface area contributed by atoms with E-state index in [1.54, 1.807) is 12.1 Å². The summed E-state index contributed by atoms with van der Waals surface area (Å²) in [6.07, 6.45) is 0. The lowest BCUT2D eigenvalue weighted by Crippen LogP contribution is -2.12. The van der Waals surface area contributed by atoms with Crippen LogP contribution in [0, 0.1) is 6.92 Å². The molecule has 8 rings (SSSR count). The van der Waals surface area contributed by atoms with Crippen molar-refractivity contribution in [1.29, 1.82) is 0 Å². The standard InChI is InChI=1S/C32H22N4O2S/c1-21-14-17-23(18-15-21)39(37,38)36-27-10-4-2-8-24(27)25-20-22(16-19-28(25)36)34-30-12-6-7-13-31(30)35-29-11-5-3-9-26(29)33-32(34)35/h2-20H,1H3. The van der Waals surface area contributed by atoms with Crippen LogP contribution in [0.15, 0.2) is 120 Å². The Morgan fingerprint density at radius 2 is 1.26 bits per heavy atom. The highest BCUT2D eigenvalue weighted by molar-refractivity contribution is 7.90. The number of aromatic nitrogens is 4. The number of fused-ring (bicyclic) bond motifs is 8. The first kappa shape index (κ1) is 22.1. The quantitative estimate of drug-likeness (QED) is 0.247. The van der Waals surface area contributed by atoms with Crippen LogP contribution in [0.1, 0.15) is 5.56 Å². The summed E-state index contributed by atoms with van der Waals surface area (Å²) in [5.41, 5.74) is 7.28. The highest BCUT2D eigenvalue weighted by Gasteiger charge is 2.24. The molecule has 39 heavy (non-hydrogen) atoms. The van der Waals surface area contributed by atoms with Gasteiger partial charge in [0.2, 0.25) is 5.78 Å². The van der Waals surface area contributed by atoms with Crippen molar-refractivity contribution < 1.29 is 8.42 Å². The third kappa shape index (κ3) is 3.02. The van der Waals surface area contributed by atoms with Crippen molar-refractivity contribution in [3.05, 3.63) is 121 Å². The molecule has 0 saturated heterocycles. The fourth-order valence-corrected chi connectivity index (χ4v) is 7.27. The lowest BCUT2D eigenvalue weighted by Gasteiger charge is -2.10. The van der Waals surface area contributed by atoms with Crippen molar-refractivity contribution in [2.75, 3.05) is 0 Å². The molecule has 0 fully saturated rings. The Hall–Kier alpha value is -4.88. The van der Waals surface area contributed by atoms with Gasteiger partial charge in [-0.2, -0.15) is 0 Å². The molecule has 0 amide bonds. The molecule has 0 atom stereocenters. The molecule has 3 aromatic heterocycles. The van der Waals surface area contributed by atoms with Crippen LogP contribution in [0.25, 0.3) is 55.3 Å². The van der Waals surface area contributed by atoms with Gasteiger partial charge in [0, 0.05) is 16.5 Å². The molecule has 0 radical (unpaired) electrons. The van der Waals surface area contributed by atoms with Crippen LogP contribution in [-0.4, -0.2) is 26.3 Å². The Morgan fingerprint density at radius 3 is 2.05 bits per heavy atom. The minimum Gasteiger partial charge on any atom is -0.278 e. The summed E-state index contributed by atoms with van der Waals surface area (Å²) in [5, 5.41) is 1.75. The Morgan fingerprint density at radius 1 is 0.615 bits per heavy atom. The Labute approximate surface area is 224 Å². The number of hydrogen-bond acceptors (Lipinski definition) is 3. The van der Waals surface area contributed by atoms with Crippen LogP contribution in [0.2, 0.25) is 0 Å². The number of benzene rings is 5. The van der Waals surface area contributed by atoms with Crippen LogP contribution >= 0.6 is 0 Å². The fraction of sp³-hybridized carbons (Fsp3) is 0.0312. The van der Waals surface area contributed by atoms with Crippen LogP contribution in [0.5, 0.6) is 0 Å². The van der Waals surface area contributed by atoms with E-state index in [4.69, 9.17) is 4.98 Å². The third-order valence-electron chi connectivity index (χ3n) is 7.54. The van der Waals surface area contributed by atoms with Gasteiger partial charge in [-0.25, -0.2) is 17.4 Å². The number of hydrogen-bond donors (Lipinski definition) is 0. The molecule has 0 aliphatic carbocycles. The van der Waals surface area contributed by atoms with E-state index in [2.05, 4.69) is 33.2 Å². The van der Waals surface area contributed by atoms with Gasteiger partial charge in [0.1, 0.15) is 0 Å². The molecule has 0 saturated carbocycles. The van der Waals surface area contributed by atoms with E-state index in [-0.39, 0.29) is 4.90 Å². The molecular weight excluding hydrogens is 504 g/mol. The molecule has 0 aliphatic heterocycles. The molecule has 7 heteroatoms. The van der Waals surface area contributed by atoms with E-state index < -0.39 is 10.0 Å². The average molecular weight is 527 g/mol. The van der Waals surface area contributed by atoms with Crippen molar-refractivity contribution in [2.24, 2.45) is 0 Å². The van der Waals surface area contributed by atoms with E-state index in [9.17, 15) is 8.42 Å². The Balaban J connectivity index is 1.45. The number of para-hydroxylation sites is 5. The van der Waals surface area contributed by atoms with Crippen molar-refractivity contribution >= 4 is 59.7 Å². The van der Waals surface area contributed by atoms with Crippen molar-refractivity contribution in [3.63, 3.8) is 0 Å². The van der Waals surface area contributed by atoms with E-state index in [0.717, 1.165) is 49.9 Å². The molecule has 0 N–H and O–H groups in total. The third-order valence-corrected chi connectivity index (χ3v) is 9.28. The molecule has 5 aromatic carbocycles. The van der Waals surface area contributed by atoms with Gasteiger partial charge in [0.25, 0.3) is 10.0 Å². The van der Waals surface area contributed by atoms with Crippen LogP contribution in [0.4, 0.5) is 0 Å². The monoisotopic (exact) mass is 526 g/mol. The molecule has 0 spiro atoms. The smallest absolute Gasteiger partial charge is 0.268 e. The largest absolute Gasteiger partial charge is 0.278 e. The summed E-state index contributed by atoms with van der Waals surface area (Å²) in [4.78, 5) is 5.25. The maximum atomic E-state index is 13.9. The summed E-state index contributed by atoms with van der Waals surface area (Å²) in [6, 6.07) is 37.0. The predicted octanol–water partition coefficient (Wildman–Crippen LogP) is 7.08. The minimum absolute atomic E-state index is 0.266. The Bertz CT molecular complexity index is 2360. The second-order valence-corrected chi connectivity index (χ2v) is 11.6. The molecule has 3 heterocycles. The summed E-state index contributed by atoms with van der Waals surface area (Å²) < 4.78 is 33.7. The molecule has 0 bridgehead atoms. The maximum absolute atomic E-state index is 13.9. The van der Waals surface area contributed by atoms with Gasteiger partial charge in [-0.3, -0.25) is 8.97 Å².